The van der Waals surface area contributed by atoms with Crippen LogP contribution in [0.4, 0.5) is 13.2 Å². The van der Waals surface area contributed by atoms with E-state index in [0.29, 0.717) is 24.6 Å². The first-order valence-electron chi connectivity index (χ1n) is 11.3. The Balaban J connectivity index is 1.22. The summed E-state index contributed by atoms with van der Waals surface area (Å²) in [6.07, 6.45) is 0.0148. The van der Waals surface area contributed by atoms with Crippen LogP contribution in [0, 0.1) is 18.8 Å². The van der Waals surface area contributed by atoms with Crippen LogP contribution in [0.5, 0.6) is 0 Å². The van der Waals surface area contributed by atoms with Gasteiger partial charge in [0, 0.05) is 48.9 Å². The summed E-state index contributed by atoms with van der Waals surface area (Å²) < 4.78 is 40.4. The first-order valence-corrected chi connectivity index (χ1v) is 11.3. The monoisotopic (exact) mass is 464 g/mol. The van der Waals surface area contributed by atoms with E-state index in [9.17, 15) is 13.2 Å². The molecule has 5 rings (SSSR count). The molecule has 0 radical (unpaired) electrons. The van der Waals surface area contributed by atoms with Crippen LogP contribution in [-0.2, 0) is 12.6 Å². The van der Waals surface area contributed by atoms with Crippen LogP contribution in [0.15, 0.2) is 47.7 Å². The summed E-state index contributed by atoms with van der Waals surface area (Å²) in [6.45, 7) is 3.45. The summed E-state index contributed by atoms with van der Waals surface area (Å²) in [5, 5.41) is 11.2. The standard InChI is InChI=1S/C25H23F3N6/c1-17-2-3-19(16-29-17)5-4-18-6-8-20(9-7-18)21-12-14-33(15-13-21)23-11-10-22-30-31-24(25(26,27)28)34(22)32-23/h2-3,6-9,16,21H,10-15H2,1H3. The van der Waals surface area contributed by atoms with Gasteiger partial charge in [0.25, 0.3) is 5.82 Å². The highest BCUT2D eigenvalue weighted by molar-refractivity contribution is 5.83. The average Bonchev–Trinajstić information content (AvgIpc) is 3.28. The van der Waals surface area contributed by atoms with E-state index < -0.39 is 12.0 Å². The number of rotatable bonds is 1. The number of amidine groups is 1. The minimum absolute atomic E-state index is 0.257. The van der Waals surface area contributed by atoms with Crippen LogP contribution in [0.1, 0.15) is 59.2 Å². The number of halogens is 3. The van der Waals surface area contributed by atoms with E-state index in [2.05, 4.69) is 49.2 Å². The van der Waals surface area contributed by atoms with Crippen molar-refractivity contribution in [2.45, 2.75) is 44.7 Å². The number of alkyl halides is 3. The zero-order valence-corrected chi connectivity index (χ0v) is 18.7. The fourth-order valence-corrected chi connectivity index (χ4v) is 4.36. The van der Waals surface area contributed by atoms with Crippen molar-refractivity contribution in [1.82, 2.24) is 24.8 Å². The molecule has 4 heterocycles. The van der Waals surface area contributed by atoms with Crippen molar-refractivity contribution in [2.24, 2.45) is 5.10 Å². The summed E-state index contributed by atoms with van der Waals surface area (Å²) in [4.78, 5) is 6.35. The Hall–Kier alpha value is -3.67. The molecule has 0 spiro atoms. The Morgan fingerprint density at radius 2 is 1.62 bits per heavy atom. The quantitative estimate of drug-likeness (QED) is 0.502. The molecule has 0 atom stereocenters. The largest absolute Gasteiger partial charge is 0.453 e. The number of fused-ring (bicyclic) bond motifs is 1. The average molecular weight is 464 g/mol. The number of hydrogen-bond donors (Lipinski definition) is 0. The Labute approximate surface area is 195 Å². The van der Waals surface area contributed by atoms with Gasteiger partial charge < -0.3 is 4.90 Å². The summed E-state index contributed by atoms with van der Waals surface area (Å²) in [5.41, 5.74) is 4.05. The molecule has 1 fully saturated rings. The molecule has 2 aromatic heterocycles. The zero-order valence-electron chi connectivity index (χ0n) is 18.7. The van der Waals surface area contributed by atoms with Crippen molar-refractivity contribution in [3.05, 3.63) is 76.6 Å². The van der Waals surface area contributed by atoms with Gasteiger partial charge in [0.15, 0.2) is 5.82 Å². The van der Waals surface area contributed by atoms with E-state index in [1.807, 2.05) is 31.2 Å². The number of aryl methyl sites for hydroxylation is 2. The van der Waals surface area contributed by atoms with Crippen LogP contribution >= 0.6 is 0 Å². The van der Waals surface area contributed by atoms with Crippen molar-refractivity contribution in [2.75, 3.05) is 13.1 Å². The second kappa shape index (κ2) is 8.93. The molecule has 2 aliphatic rings. The predicted octanol–water partition coefficient (Wildman–Crippen LogP) is 4.39. The minimum atomic E-state index is -4.57. The van der Waals surface area contributed by atoms with Gasteiger partial charge in [-0.15, -0.1) is 10.2 Å². The number of likely N-dealkylation sites (tertiary alicyclic amines) is 1. The molecular weight excluding hydrogens is 441 g/mol. The van der Waals surface area contributed by atoms with Gasteiger partial charge in [-0.1, -0.05) is 24.0 Å². The summed E-state index contributed by atoms with van der Waals surface area (Å²) in [7, 11) is 0. The maximum Gasteiger partial charge on any atom is 0.453 e. The third-order valence-corrected chi connectivity index (χ3v) is 6.25. The van der Waals surface area contributed by atoms with E-state index in [-0.39, 0.29) is 5.82 Å². The van der Waals surface area contributed by atoms with Crippen molar-refractivity contribution < 1.29 is 13.2 Å². The lowest BCUT2D eigenvalue weighted by molar-refractivity contribution is -0.147. The molecule has 0 unspecified atom stereocenters. The third kappa shape index (κ3) is 4.67. The normalized spacial score (nSPS) is 16.5. The predicted molar refractivity (Wildman–Crippen MR) is 121 cm³/mol. The van der Waals surface area contributed by atoms with Gasteiger partial charge in [0.05, 0.1) is 0 Å². The maximum absolute atomic E-state index is 13.2. The number of pyridine rings is 1. The van der Waals surface area contributed by atoms with Crippen molar-refractivity contribution in [3.63, 3.8) is 0 Å². The number of benzene rings is 1. The lowest BCUT2D eigenvalue weighted by Crippen LogP contribution is -2.40. The molecule has 174 valence electrons. The smallest absolute Gasteiger partial charge is 0.359 e. The van der Waals surface area contributed by atoms with Crippen molar-refractivity contribution >= 4 is 5.84 Å². The summed E-state index contributed by atoms with van der Waals surface area (Å²) >= 11 is 0. The lowest BCUT2D eigenvalue weighted by Gasteiger charge is -2.35. The van der Waals surface area contributed by atoms with E-state index in [0.717, 1.165) is 47.4 Å². The topological polar surface area (TPSA) is 59.2 Å². The van der Waals surface area contributed by atoms with Crippen molar-refractivity contribution in [3.8, 4) is 11.8 Å². The van der Waals surface area contributed by atoms with E-state index >= 15 is 0 Å². The molecule has 6 nitrogen and oxygen atoms in total. The van der Waals surface area contributed by atoms with Crippen LogP contribution in [0.2, 0.25) is 0 Å². The first kappa shape index (κ1) is 22.1. The molecule has 34 heavy (non-hydrogen) atoms. The molecule has 0 aliphatic carbocycles. The second-order valence-corrected chi connectivity index (χ2v) is 8.59. The van der Waals surface area contributed by atoms with Gasteiger partial charge >= 0.3 is 6.18 Å². The molecule has 0 saturated carbocycles. The second-order valence-electron chi connectivity index (χ2n) is 8.59. The summed E-state index contributed by atoms with van der Waals surface area (Å²) in [6, 6.07) is 12.2. The van der Waals surface area contributed by atoms with Crippen LogP contribution < -0.4 is 0 Å². The van der Waals surface area contributed by atoms with Crippen LogP contribution in [0.3, 0.4) is 0 Å². The highest BCUT2D eigenvalue weighted by Crippen LogP contribution is 2.31. The van der Waals surface area contributed by atoms with E-state index in [4.69, 9.17) is 0 Å². The van der Waals surface area contributed by atoms with Gasteiger partial charge in [0.1, 0.15) is 5.84 Å². The molecular formula is C25H23F3N6. The van der Waals surface area contributed by atoms with Gasteiger partial charge in [-0.25, -0.2) is 0 Å². The molecule has 2 aliphatic heterocycles. The van der Waals surface area contributed by atoms with E-state index in [1.54, 1.807) is 6.20 Å². The minimum Gasteiger partial charge on any atom is -0.359 e. The molecule has 0 bridgehead atoms. The Bertz CT molecular complexity index is 1260. The van der Waals surface area contributed by atoms with Crippen LogP contribution in [0.25, 0.3) is 0 Å². The van der Waals surface area contributed by atoms with Crippen LogP contribution in [-0.4, -0.2) is 43.7 Å². The number of hydrogen-bond acceptors (Lipinski definition) is 5. The highest BCUT2D eigenvalue weighted by atomic mass is 19.4. The van der Waals surface area contributed by atoms with Gasteiger partial charge in [-0.3, -0.25) is 4.98 Å². The molecule has 3 aromatic rings. The highest BCUT2D eigenvalue weighted by Gasteiger charge is 2.40. The summed E-state index contributed by atoms with van der Waals surface area (Å²) in [5.74, 6) is 6.58. The molecule has 0 amide bonds. The third-order valence-electron chi connectivity index (χ3n) is 6.25. The zero-order chi connectivity index (χ0) is 23.7. The molecule has 1 saturated heterocycles. The Morgan fingerprint density at radius 3 is 2.29 bits per heavy atom. The Morgan fingerprint density at radius 1 is 0.912 bits per heavy atom. The number of aromatic nitrogens is 4. The fraction of sp³-hybridized carbons (Fsp3) is 0.360. The maximum atomic E-state index is 13.2. The number of piperidine rings is 1. The van der Waals surface area contributed by atoms with E-state index in [1.165, 1.54) is 5.56 Å². The first-order chi connectivity index (χ1) is 16.4. The SMILES string of the molecule is Cc1ccc(C#Cc2ccc(C3CCN(C4=Nn5c(nnc5C(F)(F)F)CC4)CC3)cc2)cn1. The van der Waals surface area contributed by atoms with Gasteiger partial charge in [-0.05, 0) is 55.5 Å². The molecule has 0 N–H and O–H groups in total. The number of nitrogens with zero attached hydrogens (tertiary/aromatic N) is 6. The molecule has 9 heteroatoms. The fourth-order valence-electron chi connectivity index (χ4n) is 4.36. The van der Waals surface area contributed by atoms with Gasteiger partial charge in [-0.2, -0.15) is 22.9 Å². The Kier molecular flexibility index (Phi) is 5.82. The molecule has 1 aromatic carbocycles. The van der Waals surface area contributed by atoms with Gasteiger partial charge in [0.2, 0.25) is 0 Å². The van der Waals surface area contributed by atoms with Crippen molar-refractivity contribution in [1.29, 1.82) is 0 Å². The lowest BCUT2D eigenvalue weighted by atomic mass is 9.89.